The maximum atomic E-state index is 11.9. The summed E-state index contributed by atoms with van der Waals surface area (Å²) in [4.78, 5) is 21.3. The molecule has 0 spiro atoms. The van der Waals surface area contributed by atoms with Gasteiger partial charge >= 0.3 is 0 Å². The lowest BCUT2D eigenvalue weighted by Gasteiger charge is -2.33. The van der Waals surface area contributed by atoms with Crippen LogP contribution in [0.15, 0.2) is 29.6 Å². The number of piperazine rings is 1. The first kappa shape index (κ1) is 21.7. The second-order valence-corrected chi connectivity index (χ2v) is 7.85. The number of ether oxygens (including phenoxy) is 2. The van der Waals surface area contributed by atoms with Gasteiger partial charge in [0.1, 0.15) is 10.8 Å². The van der Waals surface area contributed by atoms with Gasteiger partial charge in [-0.05, 0) is 31.2 Å². The van der Waals surface area contributed by atoms with Gasteiger partial charge in [-0.1, -0.05) is 0 Å². The van der Waals surface area contributed by atoms with Crippen molar-refractivity contribution < 1.29 is 14.3 Å². The van der Waals surface area contributed by atoms with Crippen LogP contribution in [-0.4, -0.2) is 80.3 Å². The van der Waals surface area contributed by atoms with Crippen molar-refractivity contribution >= 4 is 17.2 Å². The molecule has 0 aliphatic carbocycles. The van der Waals surface area contributed by atoms with E-state index < -0.39 is 0 Å². The molecule has 0 radical (unpaired) electrons. The Bertz CT molecular complexity index is 758. The Morgan fingerprint density at radius 3 is 2.59 bits per heavy atom. The molecule has 0 saturated carbocycles. The molecule has 158 valence electrons. The monoisotopic (exact) mass is 418 g/mol. The van der Waals surface area contributed by atoms with E-state index in [-0.39, 0.29) is 5.91 Å². The van der Waals surface area contributed by atoms with Crippen LogP contribution in [0.3, 0.4) is 0 Å². The van der Waals surface area contributed by atoms with Crippen LogP contribution in [0.1, 0.15) is 12.6 Å². The molecule has 29 heavy (non-hydrogen) atoms. The average molecular weight is 419 g/mol. The van der Waals surface area contributed by atoms with Gasteiger partial charge in [0, 0.05) is 57.3 Å². The quantitative estimate of drug-likeness (QED) is 0.596. The summed E-state index contributed by atoms with van der Waals surface area (Å²) in [6.07, 6.45) is 0. The summed E-state index contributed by atoms with van der Waals surface area (Å²) in [5.74, 6) is 0.952. The zero-order valence-electron chi connectivity index (χ0n) is 17.2. The minimum atomic E-state index is 0.0648. The van der Waals surface area contributed by atoms with Crippen molar-refractivity contribution in [2.75, 3.05) is 59.6 Å². The number of hydrogen-bond donors (Lipinski definition) is 1. The van der Waals surface area contributed by atoms with E-state index in [2.05, 4.69) is 32.6 Å². The van der Waals surface area contributed by atoms with Crippen molar-refractivity contribution in [2.45, 2.75) is 13.5 Å². The van der Waals surface area contributed by atoms with E-state index in [1.807, 2.05) is 19.1 Å². The summed E-state index contributed by atoms with van der Waals surface area (Å²) >= 11 is 1.68. The van der Waals surface area contributed by atoms with E-state index in [1.54, 1.807) is 18.4 Å². The lowest BCUT2D eigenvalue weighted by atomic mass is 10.2. The van der Waals surface area contributed by atoms with Gasteiger partial charge in [-0.25, -0.2) is 4.98 Å². The second kappa shape index (κ2) is 11.3. The van der Waals surface area contributed by atoms with Gasteiger partial charge in [0.25, 0.3) is 0 Å². The molecule has 0 atom stereocenters. The molecular formula is C21H30N4O3S. The third-order valence-corrected chi connectivity index (χ3v) is 5.75. The molecule has 1 fully saturated rings. The van der Waals surface area contributed by atoms with Gasteiger partial charge in [0.2, 0.25) is 5.91 Å². The van der Waals surface area contributed by atoms with Crippen molar-refractivity contribution in [1.82, 2.24) is 20.1 Å². The zero-order valence-corrected chi connectivity index (χ0v) is 18.0. The summed E-state index contributed by atoms with van der Waals surface area (Å²) in [7, 11) is 1.63. The number of nitrogens with one attached hydrogen (secondary N) is 1. The van der Waals surface area contributed by atoms with E-state index in [4.69, 9.17) is 14.5 Å². The summed E-state index contributed by atoms with van der Waals surface area (Å²) in [6.45, 7) is 8.76. The minimum absolute atomic E-state index is 0.0648. The number of thiazole rings is 1. The van der Waals surface area contributed by atoms with Crippen LogP contribution in [0.4, 0.5) is 0 Å². The van der Waals surface area contributed by atoms with Crippen molar-refractivity contribution in [2.24, 2.45) is 0 Å². The van der Waals surface area contributed by atoms with Crippen LogP contribution in [0.5, 0.6) is 5.75 Å². The number of nitrogens with zero attached hydrogens (tertiary/aromatic N) is 3. The van der Waals surface area contributed by atoms with Crippen molar-refractivity contribution in [3.8, 4) is 16.3 Å². The molecule has 8 heteroatoms. The van der Waals surface area contributed by atoms with Gasteiger partial charge < -0.3 is 14.8 Å². The maximum Gasteiger partial charge on any atom is 0.234 e. The smallest absolute Gasteiger partial charge is 0.234 e. The number of amides is 1. The third kappa shape index (κ3) is 6.78. The molecule has 0 unspecified atom stereocenters. The van der Waals surface area contributed by atoms with Gasteiger partial charge in [-0.2, -0.15) is 0 Å². The Hall–Kier alpha value is -2.00. The lowest BCUT2D eigenvalue weighted by molar-refractivity contribution is -0.122. The molecule has 1 aliphatic rings. The van der Waals surface area contributed by atoms with Gasteiger partial charge in [-0.15, -0.1) is 11.3 Å². The van der Waals surface area contributed by atoms with Crippen LogP contribution in [0, 0.1) is 0 Å². The van der Waals surface area contributed by atoms with Crippen LogP contribution in [0.25, 0.3) is 10.6 Å². The largest absolute Gasteiger partial charge is 0.494 e. The van der Waals surface area contributed by atoms with Crippen molar-refractivity contribution in [3.05, 3.63) is 35.3 Å². The van der Waals surface area contributed by atoms with E-state index in [1.165, 1.54) is 0 Å². The van der Waals surface area contributed by atoms with E-state index in [9.17, 15) is 4.79 Å². The molecule has 2 aromatic rings. The normalized spacial score (nSPS) is 15.4. The molecule has 1 saturated heterocycles. The Morgan fingerprint density at radius 1 is 1.17 bits per heavy atom. The van der Waals surface area contributed by atoms with Gasteiger partial charge in [0.15, 0.2) is 0 Å². The van der Waals surface area contributed by atoms with Crippen LogP contribution in [0.2, 0.25) is 0 Å². The Labute approximate surface area is 176 Å². The Balaban J connectivity index is 1.43. The van der Waals surface area contributed by atoms with Crippen LogP contribution >= 0.6 is 11.3 Å². The molecule has 3 rings (SSSR count). The summed E-state index contributed by atoms with van der Waals surface area (Å²) in [5.41, 5.74) is 2.22. The summed E-state index contributed by atoms with van der Waals surface area (Å²) in [6, 6.07) is 8.10. The zero-order chi connectivity index (χ0) is 20.5. The van der Waals surface area contributed by atoms with Crippen molar-refractivity contribution in [1.29, 1.82) is 0 Å². The topological polar surface area (TPSA) is 66.9 Å². The highest BCUT2D eigenvalue weighted by Crippen LogP contribution is 2.26. The summed E-state index contributed by atoms with van der Waals surface area (Å²) < 4.78 is 10.5. The molecule has 1 amide bonds. The first-order valence-corrected chi connectivity index (χ1v) is 10.9. The van der Waals surface area contributed by atoms with Gasteiger partial charge in [-0.3, -0.25) is 14.6 Å². The molecule has 1 N–H and O–H groups in total. The fourth-order valence-electron chi connectivity index (χ4n) is 3.26. The number of benzene rings is 1. The SMILES string of the molecule is CCOc1ccc(-c2nc(CN3CCN(CC(=O)NCCOC)CC3)cs2)cc1. The average Bonchev–Trinajstić information content (AvgIpc) is 3.19. The van der Waals surface area contributed by atoms with Gasteiger partial charge in [0.05, 0.1) is 25.5 Å². The molecule has 2 heterocycles. The third-order valence-electron chi connectivity index (χ3n) is 4.81. The summed E-state index contributed by atoms with van der Waals surface area (Å²) in [5, 5.41) is 6.05. The highest BCUT2D eigenvalue weighted by atomic mass is 32.1. The second-order valence-electron chi connectivity index (χ2n) is 7.00. The molecule has 1 aromatic carbocycles. The number of hydrogen-bond acceptors (Lipinski definition) is 7. The molecule has 7 nitrogen and oxygen atoms in total. The van der Waals surface area contributed by atoms with Crippen molar-refractivity contribution in [3.63, 3.8) is 0 Å². The Kier molecular flexibility index (Phi) is 8.42. The fraction of sp³-hybridized carbons (Fsp3) is 0.524. The Morgan fingerprint density at radius 2 is 1.90 bits per heavy atom. The number of carbonyl (C=O) groups is 1. The van der Waals surface area contributed by atoms with E-state index in [0.717, 1.165) is 54.7 Å². The number of methoxy groups -OCH3 is 1. The first-order valence-electron chi connectivity index (χ1n) is 10.1. The van der Waals surface area contributed by atoms with E-state index >= 15 is 0 Å². The van der Waals surface area contributed by atoms with Crippen LogP contribution in [-0.2, 0) is 16.1 Å². The number of aromatic nitrogens is 1. The van der Waals surface area contributed by atoms with E-state index in [0.29, 0.717) is 26.3 Å². The molecular weight excluding hydrogens is 388 g/mol. The highest BCUT2D eigenvalue weighted by molar-refractivity contribution is 7.13. The molecule has 1 aromatic heterocycles. The number of rotatable bonds is 10. The lowest BCUT2D eigenvalue weighted by Crippen LogP contribution is -2.49. The standard InChI is InChI=1S/C21H30N4O3S/c1-3-28-19-6-4-17(5-7-19)21-23-18(16-29-21)14-24-9-11-25(12-10-24)15-20(26)22-8-13-27-2/h4-7,16H,3,8-15H2,1-2H3,(H,22,26). The maximum absolute atomic E-state index is 11.9. The predicted octanol–water partition coefficient (Wildman–Crippen LogP) is 2.09. The first-order chi connectivity index (χ1) is 14.2. The van der Waals surface area contributed by atoms with Crippen LogP contribution < -0.4 is 10.1 Å². The fourth-order valence-corrected chi connectivity index (χ4v) is 4.08. The predicted molar refractivity (Wildman–Crippen MR) is 115 cm³/mol. The molecule has 0 bridgehead atoms. The number of carbonyl (C=O) groups excluding carboxylic acids is 1. The molecule has 1 aliphatic heterocycles. The minimum Gasteiger partial charge on any atom is -0.494 e. The highest BCUT2D eigenvalue weighted by Gasteiger charge is 2.19.